The number of methoxy groups -OCH3 is 6. The van der Waals surface area contributed by atoms with Crippen LogP contribution in [0.15, 0.2) is 18.2 Å². The summed E-state index contributed by atoms with van der Waals surface area (Å²) in [5.74, 6) is 4.31. The maximum atomic E-state index is 5.78. The maximum Gasteiger partial charge on any atom is 0.165 e. The number of fused-ring (bicyclic) bond motifs is 1. The summed E-state index contributed by atoms with van der Waals surface area (Å²) >= 11 is 0. The molecule has 0 unspecified atom stereocenters. The van der Waals surface area contributed by atoms with E-state index in [4.69, 9.17) is 28.4 Å². The highest BCUT2D eigenvalue weighted by molar-refractivity contribution is 5.63. The Kier molecular flexibility index (Phi) is 6.07. The van der Waals surface area contributed by atoms with Crippen LogP contribution in [-0.2, 0) is 6.42 Å². The molecule has 0 aromatic heterocycles. The molecule has 2 aromatic rings. The van der Waals surface area contributed by atoms with Crippen LogP contribution < -0.4 is 28.4 Å². The van der Waals surface area contributed by atoms with E-state index >= 15 is 0 Å². The lowest BCUT2D eigenvalue weighted by Gasteiger charge is -2.31. The van der Waals surface area contributed by atoms with E-state index in [0.717, 1.165) is 53.2 Å². The summed E-state index contributed by atoms with van der Waals surface area (Å²) in [7, 11) is 9.90. The van der Waals surface area contributed by atoms with Crippen molar-refractivity contribution < 1.29 is 28.4 Å². The molecule has 0 N–H and O–H groups in total. The van der Waals surface area contributed by atoms with Crippen molar-refractivity contribution in [2.45, 2.75) is 25.2 Å². The Morgan fingerprint density at radius 1 is 0.643 bits per heavy atom. The molecule has 0 saturated carbocycles. The maximum absolute atomic E-state index is 5.78. The molecule has 1 aliphatic rings. The Bertz CT molecular complexity index is 823. The molecule has 0 aliphatic heterocycles. The summed E-state index contributed by atoms with van der Waals surface area (Å²) < 4.78 is 33.7. The lowest BCUT2D eigenvalue weighted by molar-refractivity contribution is 0.336. The number of rotatable bonds is 7. The van der Waals surface area contributed by atoms with Crippen molar-refractivity contribution in [3.63, 3.8) is 0 Å². The van der Waals surface area contributed by atoms with E-state index in [0.29, 0.717) is 17.2 Å². The van der Waals surface area contributed by atoms with Crippen LogP contribution in [0.2, 0.25) is 0 Å². The van der Waals surface area contributed by atoms with E-state index in [1.54, 1.807) is 42.7 Å². The SMILES string of the molecule is COc1cc(OC)c([C@H]2CCCc3c(OC)cc(OC)c(OC)c32)cc1OC. The molecule has 28 heavy (non-hydrogen) atoms. The van der Waals surface area contributed by atoms with Crippen LogP contribution in [0.25, 0.3) is 0 Å². The highest BCUT2D eigenvalue weighted by Gasteiger charge is 2.33. The predicted octanol–water partition coefficient (Wildman–Crippen LogP) is 4.21. The molecule has 0 saturated heterocycles. The first kappa shape index (κ1) is 20.0. The zero-order chi connectivity index (χ0) is 20.3. The second-order valence-corrected chi connectivity index (χ2v) is 6.60. The fourth-order valence-corrected chi connectivity index (χ4v) is 4.11. The molecule has 0 fully saturated rings. The van der Waals surface area contributed by atoms with Crippen molar-refractivity contribution in [2.24, 2.45) is 0 Å². The van der Waals surface area contributed by atoms with Gasteiger partial charge in [0.05, 0.1) is 42.7 Å². The number of hydrogen-bond donors (Lipinski definition) is 0. The first-order valence-corrected chi connectivity index (χ1v) is 9.25. The van der Waals surface area contributed by atoms with Gasteiger partial charge in [0.2, 0.25) is 0 Å². The Labute approximate surface area is 166 Å². The average Bonchev–Trinajstić information content (AvgIpc) is 2.76. The van der Waals surface area contributed by atoms with Gasteiger partial charge in [-0.15, -0.1) is 0 Å². The molecular formula is C22H28O6. The summed E-state index contributed by atoms with van der Waals surface area (Å²) in [5.41, 5.74) is 3.25. The van der Waals surface area contributed by atoms with E-state index in [9.17, 15) is 0 Å². The second kappa shape index (κ2) is 8.50. The monoisotopic (exact) mass is 388 g/mol. The van der Waals surface area contributed by atoms with Gasteiger partial charge < -0.3 is 28.4 Å². The molecule has 152 valence electrons. The fourth-order valence-electron chi connectivity index (χ4n) is 4.11. The first-order valence-electron chi connectivity index (χ1n) is 9.25. The van der Waals surface area contributed by atoms with Crippen LogP contribution in [0.5, 0.6) is 34.5 Å². The fraction of sp³-hybridized carbons (Fsp3) is 0.455. The molecule has 0 spiro atoms. The quantitative estimate of drug-likeness (QED) is 0.708. The van der Waals surface area contributed by atoms with Gasteiger partial charge in [0, 0.05) is 34.7 Å². The summed E-state index contributed by atoms with van der Waals surface area (Å²) in [6.07, 6.45) is 2.90. The Morgan fingerprint density at radius 3 is 1.79 bits per heavy atom. The molecule has 0 bridgehead atoms. The van der Waals surface area contributed by atoms with Crippen LogP contribution in [0.4, 0.5) is 0 Å². The molecular weight excluding hydrogens is 360 g/mol. The third-order valence-electron chi connectivity index (χ3n) is 5.38. The lowest BCUT2D eigenvalue weighted by atomic mass is 9.77. The first-order chi connectivity index (χ1) is 13.6. The minimum absolute atomic E-state index is 0.0532. The molecule has 0 amide bonds. The van der Waals surface area contributed by atoms with Crippen LogP contribution >= 0.6 is 0 Å². The standard InChI is InChI=1S/C22H28O6/c1-23-16-12-20(27-5)22(28-6)21-13(8-7-9-14(16)21)15-10-18(25-3)19(26-4)11-17(15)24-2/h10-13H,7-9H2,1-6H3/t13-/m1/s1. The van der Waals surface area contributed by atoms with Gasteiger partial charge in [-0.1, -0.05) is 0 Å². The average molecular weight is 388 g/mol. The van der Waals surface area contributed by atoms with Crippen LogP contribution in [-0.4, -0.2) is 42.7 Å². The van der Waals surface area contributed by atoms with Gasteiger partial charge in [-0.05, 0) is 25.3 Å². The third kappa shape index (κ3) is 3.28. The zero-order valence-corrected chi connectivity index (χ0v) is 17.4. The van der Waals surface area contributed by atoms with E-state index in [2.05, 4.69) is 0 Å². The lowest BCUT2D eigenvalue weighted by Crippen LogP contribution is -2.15. The minimum atomic E-state index is 0.0532. The van der Waals surface area contributed by atoms with E-state index in [1.165, 1.54) is 0 Å². The Balaban J connectivity index is 2.28. The molecule has 6 nitrogen and oxygen atoms in total. The molecule has 0 heterocycles. The Hall–Kier alpha value is -2.76. The van der Waals surface area contributed by atoms with Gasteiger partial charge >= 0.3 is 0 Å². The van der Waals surface area contributed by atoms with Crippen molar-refractivity contribution in [1.29, 1.82) is 0 Å². The predicted molar refractivity (Wildman–Crippen MR) is 107 cm³/mol. The van der Waals surface area contributed by atoms with Gasteiger partial charge in [0.1, 0.15) is 11.5 Å². The molecule has 2 aromatic carbocycles. The summed E-state index contributed by atoms with van der Waals surface area (Å²) in [6, 6.07) is 5.75. The largest absolute Gasteiger partial charge is 0.496 e. The van der Waals surface area contributed by atoms with Crippen molar-refractivity contribution in [3.8, 4) is 34.5 Å². The van der Waals surface area contributed by atoms with Gasteiger partial charge in [0.15, 0.2) is 23.0 Å². The van der Waals surface area contributed by atoms with E-state index in [-0.39, 0.29) is 5.92 Å². The number of benzene rings is 2. The molecule has 3 rings (SSSR count). The van der Waals surface area contributed by atoms with Crippen molar-refractivity contribution >= 4 is 0 Å². The van der Waals surface area contributed by atoms with Gasteiger partial charge in [-0.2, -0.15) is 0 Å². The van der Waals surface area contributed by atoms with Gasteiger partial charge in [-0.25, -0.2) is 0 Å². The minimum Gasteiger partial charge on any atom is -0.496 e. The third-order valence-corrected chi connectivity index (χ3v) is 5.38. The molecule has 6 heteroatoms. The zero-order valence-electron chi connectivity index (χ0n) is 17.4. The highest BCUT2D eigenvalue weighted by atomic mass is 16.5. The summed E-state index contributed by atoms with van der Waals surface area (Å²) in [4.78, 5) is 0. The van der Waals surface area contributed by atoms with Crippen molar-refractivity contribution in [3.05, 3.63) is 34.9 Å². The topological polar surface area (TPSA) is 55.4 Å². The smallest absolute Gasteiger partial charge is 0.165 e. The van der Waals surface area contributed by atoms with Gasteiger partial charge in [0.25, 0.3) is 0 Å². The number of hydrogen-bond acceptors (Lipinski definition) is 6. The number of ether oxygens (including phenoxy) is 6. The van der Waals surface area contributed by atoms with Crippen molar-refractivity contribution in [1.82, 2.24) is 0 Å². The highest BCUT2D eigenvalue weighted by Crippen LogP contribution is 2.52. The second-order valence-electron chi connectivity index (χ2n) is 6.60. The molecule has 0 radical (unpaired) electrons. The van der Waals surface area contributed by atoms with Crippen molar-refractivity contribution in [2.75, 3.05) is 42.7 Å². The molecule has 1 atom stereocenters. The van der Waals surface area contributed by atoms with Crippen LogP contribution in [0.1, 0.15) is 35.4 Å². The summed E-state index contributed by atoms with van der Waals surface area (Å²) in [6.45, 7) is 0. The summed E-state index contributed by atoms with van der Waals surface area (Å²) in [5, 5.41) is 0. The van der Waals surface area contributed by atoms with Crippen LogP contribution in [0.3, 0.4) is 0 Å². The Morgan fingerprint density at radius 2 is 1.21 bits per heavy atom. The molecule has 1 aliphatic carbocycles. The van der Waals surface area contributed by atoms with E-state index in [1.807, 2.05) is 18.2 Å². The normalized spacial score (nSPS) is 15.4. The van der Waals surface area contributed by atoms with Gasteiger partial charge in [-0.3, -0.25) is 0 Å². The van der Waals surface area contributed by atoms with E-state index < -0.39 is 0 Å². The van der Waals surface area contributed by atoms with Crippen LogP contribution in [0, 0.1) is 0 Å².